The highest BCUT2D eigenvalue weighted by Gasteiger charge is 2.36. The number of ketones is 1. The van der Waals surface area contributed by atoms with Gasteiger partial charge < -0.3 is 10.2 Å². The van der Waals surface area contributed by atoms with Crippen LogP contribution in [0.1, 0.15) is 49.4 Å². The minimum atomic E-state index is -0.345. The van der Waals surface area contributed by atoms with Crippen LogP contribution in [-0.2, 0) is 23.4 Å². The maximum Gasteiger partial charge on any atom is 0.198 e. The highest BCUT2D eigenvalue weighted by molar-refractivity contribution is 6.15. The van der Waals surface area contributed by atoms with Crippen LogP contribution in [0.15, 0.2) is 29.9 Å². The Kier molecular flexibility index (Phi) is 4.56. The second-order valence-electron chi connectivity index (χ2n) is 6.62. The Morgan fingerprint density at radius 1 is 1.30 bits per heavy atom. The van der Waals surface area contributed by atoms with Gasteiger partial charge in [0.25, 0.3) is 0 Å². The van der Waals surface area contributed by atoms with Crippen LogP contribution >= 0.6 is 0 Å². The molecule has 4 heteroatoms. The zero-order valence-electron chi connectivity index (χ0n) is 13.7. The lowest BCUT2D eigenvalue weighted by atomic mass is 9.85. The van der Waals surface area contributed by atoms with Gasteiger partial charge in [-0.25, -0.2) is 0 Å². The lowest BCUT2D eigenvalue weighted by Crippen LogP contribution is -2.13. The van der Waals surface area contributed by atoms with Gasteiger partial charge in [-0.2, -0.15) is 5.26 Å². The Labute approximate surface area is 136 Å². The molecule has 1 aliphatic rings. The highest BCUT2D eigenvalue weighted by atomic mass is 16.3. The standard InChI is InChI=1S/C19H21NO3/c1-11(2)18(23)16(8-20)15-7-19(3,4)17-6-13(10-22)12(9-21)5-14(15)17/h5-6,21-22H,1,7,9-10H2,2-4H3/b16-15+. The molecule has 23 heavy (non-hydrogen) atoms. The molecule has 1 aromatic rings. The van der Waals surface area contributed by atoms with Gasteiger partial charge in [0.05, 0.1) is 13.2 Å². The monoisotopic (exact) mass is 311 g/mol. The normalized spacial score (nSPS) is 17.4. The molecular formula is C19H21NO3. The fourth-order valence-corrected chi connectivity index (χ4v) is 3.12. The molecule has 0 fully saturated rings. The first kappa shape index (κ1) is 17.1. The summed E-state index contributed by atoms with van der Waals surface area (Å²) in [5.74, 6) is -0.345. The SMILES string of the molecule is C=C(C)C(=O)/C(C#N)=C1\CC(C)(C)c2cc(CO)c(CO)cc21. The van der Waals surface area contributed by atoms with E-state index in [0.29, 0.717) is 28.7 Å². The molecule has 2 N–H and O–H groups in total. The fourth-order valence-electron chi connectivity index (χ4n) is 3.12. The number of allylic oxidation sites excluding steroid dienone is 3. The summed E-state index contributed by atoms with van der Waals surface area (Å²) in [6, 6.07) is 5.68. The molecule has 1 aromatic carbocycles. The number of fused-ring (bicyclic) bond motifs is 1. The Morgan fingerprint density at radius 3 is 2.35 bits per heavy atom. The van der Waals surface area contributed by atoms with E-state index in [1.54, 1.807) is 13.0 Å². The maximum atomic E-state index is 12.3. The summed E-state index contributed by atoms with van der Waals surface area (Å²) in [4.78, 5) is 12.3. The second kappa shape index (κ2) is 6.11. The van der Waals surface area contributed by atoms with Gasteiger partial charge in [0, 0.05) is 0 Å². The highest BCUT2D eigenvalue weighted by Crippen LogP contribution is 2.47. The van der Waals surface area contributed by atoms with Gasteiger partial charge in [-0.1, -0.05) is 26.5 Å². The molecule has 0 unspecified atom stereocenters. The number of carbonyl (C=O) groups excluding carboxylic acids is 1. The van der Waals surface area contributed by atoms with Crippen molar-refractivity contribution in [3.8, 4) is 6.07 Å². The summed E-state index contributed by atoms with van der Waals surface area (Å²) < 4.78 is 0. The minimum Gasteiger partial charge on any atom is -0.392 e. The number of hydrogen-bond acceptors (Lipinski definition) is 4. The van der Waals surface area contributed by atoms with Crippen molar-refractivity contribution in [1.82, 2.24) is 0 Å². The average molecular weight is 311 g/mol. The second-order valence-corrected chi connectivity index (χ2v) is 6.62. The Morgan fingerprint density at radius 2 is 1.87 bits per heavy atom. The van der Waals surface area contributed by atoms with E-state index in [9.17, 15) is 20.3 Å². The van der Waals surface area contributed by atoms with Crippen molar-refractivity contribution in [2.45, 2.75) is 45.8 Å². The molecule has 1 aliphatic carbocycles. The molecule has 0 spiro atoms. The van der Waals surface area contributed by atoms with E-state index in [1.807, 2.05) is 26.0 Å². The zero-order chi connectivity index (χ0) is 17.4. The molecule has 0 aromatic heterocycles. The summed E-state index contributed by atoms with van der Waals surface area (Å²) in [5.41, 5.74) is 3.96. The van der Waals surface area contributed by atoms with Crippen LogP contribution in [0.3, 0.4) is 0 Å². The van der Waals surface area contributed by atoms with E-state index in [2.05, 4.69) is 6.58 Å². The van der Waals surface area contributed by atoms with Crippen LogP contribution in [0, 0.1) is 11.3 Å². The van der Waals surface area contributed by atoms with Crippen LogP contribution in [0.2, 0.25) is 0 Å². The number of benzene rings is 1. The van der Waals surface area contributed by atoms with Crippen molar-refractivity contribution < 1.29 is 15.0 Å². The van der Waals surface area contributed by atoms with Gasteiger partial charge in [0.2, 0.25) is 0 Å². The summed E-state index contributed by atoms with van der Waals surface area (Å²) in [7, 11) is 0. The summed E-state index contributed by atoms with van der Waals surface area (Å²) in [6.07, 6.45) is 0.560. The number of hydrogen-bond donors (Lipinski definition) is 2. The summed E-state index contributed by atoms with van der Waals surface area (Å²) in [6.45, 7) is 8.95. The lowest BCUT2D eigenvalue weighted by Gasteiger charge is -2.19. The van der Waals surface area contributed by atoms with E-state index >= 15 is 0 Å². The summed E-state index contributed by atoms with van der Waals surface area (Å²) in [5, 5.41) is 28.5. The molecule has 0 radical (unpaired) electrons. The van der Waals surface area contributed by atoms with Crippen molar-refractivity contribution in [2.24, 2.45) is 0 Å². The Hall–Kier alpha value is -2.22. The van der Waals surface area contributed by atoms with Gasteiger partial charge >= 0.3 is 0 Å². The van der Waals surface area contributed by atoms with Crippen molar-refractivity contribution >= 4 is 11.4 Å². The van der Waals surface area contributed by atoms with Gasteiger partial charge in [-0.3, -0.25) is 4.79 Å². The number of nitrogens with zero attached hydrogens (tertiary/aromatic N) is 1. The predicted molar refractivity (Wildman–Crippen MR) is 88.3 cm³/mol. The Balaban J connectivity index is 2.78. The van der Waals surface area contributed by atoms with Crippen LogP contribution in [0.4, 0.5) is 0 Å². The molecule has 0 saturated heterocycles. The first-order chi connectivity index (χ1) is 10.8. The van der Waals surface area contributed by atoms with E-state index in [0.717, 1.165) is 11.1 Å². The van der Waals surface area contributed by atoms with Gasteiger partial charge in [-0.05, 0) is 58.2 Å². The molecular weight excluding hydrogens is 290 g/mol. The van der Waals surface area contributed by atoms with Gasteiger partial charge in [-0.15, -0.1) is 0 Å². The van der Waals surface area contributed by atoms with Crippen molar-refractivity contribution in [3.05, 3.63) is 52.1 Å². The van der Waals surface area contributed by atoms with Crippen LogP contribution in [0.25, 0.3) is 5.57 Å². The third-order valence-corrected chi connectivity index (χ3v) is 4.38. The van der Waals surface area contributed by atoms with E-state index in [4.69, 9.17) is 0 Å². The molecule has 4 nitrogen and oxygen atoms in total. The lowest BCUT2D eigenvalue weighted by molar-refractivity contribution is -0.111. The van der Waals surface area contributed by atoms with E-state index in [1.165, 1.54) is 0 Å². The molecule has 0 atom stereocenters. The van der Waals surface area contributed by atoms with Crippen molar-refractivity contribution in [3.63, 3.8) is 0 Å². The van der Waals surface area contributed by atoms with Gasteiger partial charge in [0.15, 0.2) is 5.78 Å². The van der Waals surface area contributed by atoms with Crippen LogP contribution < -0.4 is 0 Å². The first-order valence-corrected chi connectivity index (χ1v) is 7.48. The number of rotatable bonds is 4. The summed E-state index contributed by atoms with van der Waals surface area (Å²) >= 11 is 0. The molecule has 2 rings (SSSR count). The smallest absolute Gasteiger partial charge is 0.198 e. The third kappa shape index (κ3) is 2.86. The van der Waals surface area contributed by atoms with Crippen molar-refractivity contribution in [2.75, 3.05) is 0 Å². The average Bonchev–Trinajstić information content (AvgIpc) is 2.77. The number of nitriles is 1. The first-order valence-electron chi connectivity index (χ1n) is 7.48. The number of aliphatic hydroxyl groups is 2. The minimum absolute atomic E-state index is 0.116. The largest absolute Gasteiger partial charge is 0.392 e. The molecule has 0 bridgehead atoms. The number of carbonyl (C=O) groups is 1. The Bertz CT molecular complexity index is 764. The van der Waals surface area contributed by atoms with Crippen LogP contribution in [0.5, 0.6) is 0 Å². The predicted octanol–water partition coefficient (Wildman–Crippen LogP) is 2.77. The van der Waals surface area contributed by atoms with E-state index in [-0.39, 0.29) is 30.0 Å². The quantitative estimate of drug-likeness (QED) is 0.662. The molecule has 0 saturated carbocycles. The van der Waals surface area contributed by atoms with Gasteiger partial charge in [0.1, 0.15) is 11.6 Å². The zero-order valence-corrected chi connectivity index (χ0v) is 13.7. The topological polar surface area (TPSA) is 81.3 Å². The van der Waals surface area contributed by atoms with Crippen LogP contribution in [-0.4, -0.2) is 16.0 Å². The fraction of sp³-hybridized carbons (Fsp3) is 0.368. The van der Waals surface area contributed by atoms with Crippen molar-refractivity contribution in [1.29, 1.82) is 5.26 Å². The molecule has 0 heterocycles. The number of Topliss-reactive ketones (excluding diaryl/α,β-unsaturated/α-hetero) is 1. The molecule has 0 aliphatic heterocycles. The maximum absolute atomic E-state index is 12.3. The molecule has 120 valence electrons. The molecule has 0 amide bonds. The van der Waals surface area contributed by atoms with E-state index < -0.39 is 0 Å². The third-order valence-electron chi connectivity index (χ3n) is 4.38. The number of aliphatic hydroxyl groups excluding tert-OH is 2.